The van der Waals surface area contributed by atoms with Crippen LogP contribution in [0.25, 0.3) is 22.2 Å². The first-order valence-electron chi connectivity index (χ1n) is 8.59. The first-order valence-corrected chi connectivity index (χ1v) is 8.59. The second kappa shape index (κ2) is 6.77. The monoisotopic (exact) mass is 378 g/mol. The Morgan fingerprint density at radius 1 is 1.15 bits per heavy atom. The SMILES string of the molecule is O=c1oc2ccc(-c3ccc(OC(F)(F)F)cc3)cc2n1C[C@@H]1CCNC1. The molecule has 0 aliphatic carbocycles. The number of ether oxygens (including phenoxy) is 1. The Bertz CT molecular complexity index is 1000. The Hall–Kier alpha value is -2.74. The van der Waals surface area contributed by atoms with Gasteiger partial charge in [0.2, 0.25) is 0 Å². The van der Waals surface area contributed by atoms with Crippen molar-refractivity contribution in [3.63, 3.8) is 0 Å². The number of rotatable bonds is 4. The zero-order valence-electron chi connectivity index (χ0n) is 14.3. The minimum atomic E-state index is -4.72. The van der Waals surface area contributed by atoms with E-state index in [0.717, 1.165) is 25.1 Å². The van der Waals surface area contributed by atoms with Crippen LogP contribution in [0.1, 0.15) is 6.42 Å². The molecule has 0 saturated carbocycles. The fraction of sp³-hybridized carbons (Fsp3) is 0.316. The van der Waals surface area contributed by atoms with Gasteiger partial charge >= 0.3 is 12.1 Å². The van der Waals surface area contributed by atoms with Crippen LogP contribution < -0.4 is 15.8 Å². The average molecular weight is 378 g/mol. The van der Waals surface area contributed by atoms with Gasteiger partial charge in [0.1, 0.15) is 5.75 Å². The van der Waals surface area contributed by atoms with Crippen LogP contribution in [0.3, 0.4) is 0 Å². The third kappa shape index (κ3) is 3.85. The molecule has 1 N–H and O–H groups in total. The van der Waals surface area contributed by atoms with Gasteiger partial charge in [0.05, 0.1) is 5.52 Å². The van der Waals surface area contributed by atoms with Crippen LogP contribution in [0, 0.1) is 5.92 Å². The quantitative estimate of drug-likeness (QED) is 0.751. The maximum absolute atomic E-state index is 12.3. The van der Waals surface area contributed by atoms with E-state index in [4.69, 9.17) is 4.42 Å². The number of nitrogens with zero attached hydrogens (tertiary/aromatic N) is 1. The molecule has 4 rings (SSSR count). The highest BCUT2D eigenvalue weighted by Gasteiger charge is 2.31. The summed E-state index contributed by atoms with van der Waals surface area (Å²) in [7, 11) is 0. The molecular weight excluding hydrogens is 361 g/mol. The maximum atomic E-state index is 12.3. The summed E-state index contributed by atoms with van der Waals surface area (Å²) in [6, 6.07) is 10.9. The van der Waals surface area contributed by atoms with E-state index in [1.807, 2.05) is 6.07 Å². The second-order valence-electron chi connectivity index (χ2n) is 6.59. The van der Waals surface area contributed by atoms with Crippen molar-refractivity contribution >= 4 is 11.1 Å². The largest absolute Gasteiger partial charge is 0.573 e. The number of benzene rings is 2. The Kier molecular flexibility index (Phi) is 4.43. The Morgan fingerprint density at radius 2 is 1.89 bits per heavy atom. The summed E-state index contributed by atoms with van der Waals surface area (Å²) in [5.74, 6) is -0.310. The number of alkyl halides is 3. The molecule has 0 amide bonds. The van der Waals surface area contributed by atoms with Crippen molar-refractivity contribution in [1.29, 1.82) is 0 Å². The van der Waals surface area contributed by atoms with Crippen molar-refractivity contribution in [2.45, 2.75) is 19.3 Å². The number of hydrogen-bond acceptors (Lipinski definition) is 4. The van der Waals surface area contributed by atoms with Crippen molar-refractivity contribution in [3.8, 4) is 16.9 Å². The maximum Gasteiger partial charge on any atom is 0.573 e. The number of aromatic nitrogens is 1. The molecule has 5 nitrogen and oxygen atoms in total. The van der Waals surface area contributed by atoms with Gasteiger partial charge in [-0.15, -0.1) is 13.2 Å². The summed E-state index contributed by atoms with van der Waals surface area (Å²) in [4.78, 5) is 12.2. The first kappa shape index (κ1) is 17.7. The number of nitrogens with one attached hydrogen (secondary N) is 1. The summed E-state index contributed by atoms with van der Waals surface area (Å²) in [5.41, 5.74) is 2.67. The van der Waals surface area contributed by atoms with Crippen molar-refractivity contribution in [2.75, 3.05) is 13.1 Å². The minimum Gasteiger partial charge on any atom is -0.408 e. The zero-order chi connectivity index (χ0) is 19.0. The van der Waals surface area contributed by atoms with Crippen LogP contribution in [0.5, 0.6) is 5.75 Å². The highest BCUT2D eigenvalue weighted by Crippen LogP contribution is 2.28. The molecule has 3 aromatic rings. The van der Waals surface area contributed by atoms with Crippen molar-refractivity contribution < 1.29 is 22.3 Å². The predicted octanol–water partition coefficient (Wildman–Crippen LogP) is 3.77. The topological polar surface area (TPSA) is 56.4 Å². The van der Waals surface area contributed by atoms with E-state index in [1.54, 1.807) is 28.8 Å². The number of fused-ring (bicyclic) bond motifs is 1. The summed E-state index contributed by atoms with van der Waals surface area (Å²) in [6.45, 7) is 2.37. The van der Waals surface area contributed by atoms with Gasteiger partial charge in [-0.1, -0.05) is 18.2 Å². The van der Waals surface area contributed by atoms with Crippen molar-refractivity contribution in [1.82, 2.24) is 9.88 Å². The zero-order valence-corrected chi connectivity index (χ0v) is 14.3. The molecule has 1 fully saturated rings. The predicted molar refractivity (Wildman–Crippen MR) is 93.6 cm³/mol. The van der Waals surface area contributed by atoms with Crippen LogP contribution in [-0.4, -0.2) is 24.0 Å². The Labute approximate surface area is 152 Å². The molecule has 0 bridgehead atoms. The highest BCUT2D eigenvalue weighted by molar-refractivity contribution is 5.80. The smallest absolute Gasteiger partial charge is 0.408 e. The molecule has 1 aliphatic heterocycles. The van der Waals surface area contributed by atoms with Gasteiger partial charge in [-0.25, -0.2) is 4.79 Å². The van der Waals surface area contributed by atoms with Gasteiger partial charge in [-0.2, -0.15) is 0 Å². The molecule has 1 aliphatic rings. The van der Waals surface area contributed by atoms with Crippen LogP contribution in [-0.2, 0) is 6.54 Å². The van der Waals surface area contributed by atoms with E-state index in [2.05, 4.69) is 10.1 Å². The van der Waals surface area contributed by atoms with E-state index < -0.39 is 12.1 Å². The molecule has 2 heterocycles. The third-order valence-corrected chi connectivity index (χ3v) is 4.69. The van der Waals surface area contributed by atoms with Gasteiger partial charge in [-0.3, -0.25) is 4.57 Å². The molecule has 142 valence electrons. The third-order valence-electron chi connectivity index (χ3n) is 4.69. The highest BCUT2D eigenvalue weighted by atomic mass is 19.4. The molecule has 0 unspecified atom stereocenters. The molecule has 1 aromatic heterocycles. The molecule has 8 heteroatoms. The Balaban J connectivity index is 1.65. The summed E-state index contributed by atoms with van der Waals surface area (Å²) >= 11 is 0. The lowest BCUT2D eigenvalue weighted by atomic mass is 10.0. The first-order chi connectivity index (χ1) is 12.9. The minimum absolute atomic E-state index is 0.277. The lowest BCUT2D eigenvalue weighted by molar-refractivity contribution is -0.274. The van der Waals surface area contributed by atoms with Gasteiger partial charge in [-0.05, 0) is 60.8 Å². The summed E-state index contributed by atoms with van der Waals surface area (Å²) in [6.07, 6.45) is -3.72. The fourth-order valence-corrected chi connectivity index (χ4v) is 3.39. The summed E-state index contributed by atoms with van der Waals surface area (Å²) in [5, 5.41) is 3.27. The van der Waals surface area contributed by atoms with Crippen molar-refractivity contribution in [3.05, 3.63) is 53.0 Å². The molecule has 1 saturated heterocycles. The standard InChI is InChI=1S/C19H17F3N2O3/c20-19(21,22)27-15-4-1-13(2-5-15)14-3-6-17-16(9-14)24(18(25)26-17)11-12-7-8-23-10-12/h1-6,9,12,23H,7-8,10-11H2/t12-/m1/s1. The van der Waals surface area contributed by atoms with E-state index in [1.165, 1.54) is 12.1 Å². The lowest BCUT2D eigenvalue weighted by Crippen LogP contribution is -2.21. The van der Waals surface area contributed by atoms with Crippen LogP contribution >= 0.6 is 0 Å². The van der Waals surface area contributed by atoms with E-state index in [0.29, 0.717) is 29.1 Å². The van der Waals surface area contributed by atoms with Crippen LogP contribution in [0.4, 0.5) is 13.2 Å². The molecule has 0 radical (unpaired) electrons. The van der Waals surface area contributed by atoms with E-state index in [-0.39, 0.29) is 5.75 Å². The Morgan fingerprint density at radius 3 is 2.56 bits per heavy atom. The molecule has 0 spiro atoms. The lowest BCUT2D eigenvalue weighted by Gasteiger charge is -2.10. The van der Waals surface area contributed by atoms with Gasteiger partial charge in [0.25, 0.3) is 0 Å². The average Bonchev–Trinajstić information content (AvgIpc) is 3.23. The fourth-order valence-electron chi connectivity index (χ4n) is 3.39. The number of oxazole rings is 1. The molecule has 27 heavy (non-hydrogen) atoms. The van der Waals surface area contributed by atoms with E-state index in [9.17, 15) is 18.0 Å². The molecular formula is C19H17F3N2O3. The second-order valence-corrected chi connectivity index (χ2v) is 6.59. The molecule has 1 atom stereocenters. The van der Waals surface area contributed by atoms with Crippen molar-refractivity contribution in [2.24, 2.45) is 5.92 Å². The molecule has 2 aromatic carbocycles. The normalized spacial score (nSPS) is 17.5. The van der Waals surface area contributed by atoms with E-state index >= 15 is 0 Å². The van der Waals surface area contributed by atoms with Gasteiger partial charge < -0.3 is 14.5 Å². The van der Waals surface area contributed by atoms with Gasteiger partial charge in [0.15, 0.2) is 5.58 Å². The summed E-state index contributed by atoms with van der Waals surface area (Å²) < 4.78 is 47.7. The van der Waals surface area contributed by atoms with Gasteiger partial charge in [0, 0.05) is 6.54 Å². The van der Waals surface area contributed by atoms with Crippen LogP contribution in [0.15, 0.2) is 51.7 Å². The number of hydrogen-bond donors (Lipinski definition) is 1. The number of halogens is 3. The van der Waals surface area contributed by atoms with Crippen LogP contribution in [0.2, 0.25) is 0 Å².